The van der Waals surface area contributed by atoms with Gasteiger partial charge in [0.2, 0.25) is 0 Å². The molecule has 0 radical (unpaired) electrons. The second kappa shape index (κ2) is 9.61. The van der Waals surface area contributed by atoms with Crippen LogP contribution < -0.4 is 19.7 Å². The zero-order chi connectivity index (χ0) is 19.9. The van der Waals surface area contributed by atoms with Crippen molar-refractivity contribution >= 4 is 28.9 Å². The average Bonchev–Trinajstić information content (AvgIpc) is 2.70. The quantitative estimate of drug-likeness (QED) is 0.758. The number of pyridine rings is 1. The Balaban J connectivity index is 1.94. The van der Waals surface area contributed by atoms with E-state index in [4.69, 9.17) is 25.8 Å². The van der Waals surface area contributed by atoms with Crippen LogP contribution in [0.25, 0.3) is 0 Å². The summed E-state index contributed by atoms with van der Waals surface area (Å²) < 4.78 is 17.1. The number of nitrogens with one attached hydrogen (secondary N) is 1. The van der Waals surface area contributed by atoms with E-state index in [1.807, 2.05) is 19.9 Å². The van der Waals surface area contributed by atoms with Gasteiger partial charge in [0, 0.05) is 36.4 Å². The molecule has 0 saturated carbocycles. The summed E-state index contributed by atoms with van der Waals surface area (Å²) in [5.41, 5.74) is 1.67. The number of carbonyl (C=O) groups is 1. The lowest BCUT2D eigenvalue weighted by Gasteiger charge is -2.31. The molecule has 0 aliphatic carbocycles. The predicted molar refractivity (Wildman–Crippen MR) is 109 cm³/mol. The standard InChI is InChI=1S/C20H24ClN3O4/c1-3-27-18-13-17(24-7-9-26-10-8-24)19(28-4-2)12-15(18)23-20(25)16-11-14(21)5-6-22-16/h5-6,11-13H,3-4,7-10H2,1-2H3,(H,23,25). The molecule has 28 heavy (non-hydrogen) atoms. The number of ether oxygens (including phenoxy) is 3. The molecule has 2 aromatic rings. The molecule has 0 unspecified atom stereocenters. The topological polar surface area (TPSA) is 72.9 Å². The van der Waals surface area contributed by atoms with Crippen LogP contribution in [0.4, 0.5) is 11.4 Å². The number of rotatable bonds is 7. The van der Waals surface area contributed by atoms with Crippen molar-refractivity contribution < 1.29 is 19.0 Å². The number of benzene rings is 1. The molecule has 3 rings (SSSR count). The average molecular weight is 406 g/mol. The van der Waals surface area contributed by atoms with Crippen LogP contribution in [0.5, 0.6) is 11.5 Å². The summed E-state index contributed by atoms with van der Waals surface area (Å²) >= 11 is 5.97. The number of morpholine rings is 1. The van der Waals surface area contributed by atoms with E-state index < -0.39 is 0 Å². The molecule has 1 saturated heterocycles. The summed E-state index contributed by atoms with van der Waals surface area (Å²) in [6.07, 6.45) is 1.49. The molecule has 1 aliphatic heterocycles. The van der Waals surface area contributed by atoms with Crippen LogP contribution in [0.15, 0.2) is 30.5 Å². The number of hydrogen-bond acceptors (Lipinski definition) is 6. The summed E-state index contributed by atoms with van der Waals surface area (Å²) in [7, 11) is 0. The highest BCUT2D eigenvalue weighted by Crippen LogP contribution is 2.39. The van der Waals surface area contributed by atoms with Gasteiger partial charge in [-0.1, -0.05) is 11.6 Å². The molecule has 0 atom stereocenters. The molecule has 1 fully saturated rings. The van der Waals surface area contributed by atoms with Crippen LogP contribution >= 0.6 is 11.6 Å². The molecule has 2 heterocycles. The second-order valence-corrected chi connectivity index (χ2v) is 6.53. The van der Waals surface area contributed by atoms with E-state index in [9.17, 15) is 4.79 Å². The lowest BCUT2D eigenvalue weighted by Crippen LogP contribution is -2.36. The van der Waals surface area contributed by atoms with Crippen LogP contribution in [-0.2, 0) is 4.74 Å². The summed E-state index contributed by atoms with van der Waals surface area (Å²) in [5.74, 6) is 0.884. The lowest BCUT2D eigenvalue weighted by molar-refractivity contribution is 0.102. The fourth-order valence-corrected chi connectivity index (χ4v) is 3.12. The van der Waals surface area contributed by atoms with E-state index in [1.54, 1.807) is 12.1 Å². The van der Waals surface area contributed by atoms with E-state index in [-0.39, 0.29) is 11.6 Å². The zero-order valence-electron chi connectivity index (χ0n) is 16.0. The first-order valence-corrected chi connectivity index (χ1v) is 9.69. The van der Waals surface area contributed by atoms with E-state index in [0.29, 0.717) is 48.6 Å². The highest BCUT2D eigenvalue weighted by Gasteiger charge is 2.21. The Morgan fingerprint density at radius 2 is 1.89 bits per heavy atom. The Bertz CT molecular complexity index is 825. The van der Waals surface area contributed by atoms with Crippen molar-refractivity contribution in [3.8, 4) is 11.5 Å². The minimum Gasteiger partial charge on any atom is -0.492 e. The third-order valence-corrected chi connectivity index (χ3v) is 4.45. The Morgan fingerprint density at radius 3 is 2.57 bits per heavy atom. The van der Waals surface area contributed by atoms with E-state index in [1.165, 1.54) is 12.3 Å². The summed E-state index contributed by atoms with van der Waals surface area (Å²) in [6, 6.07) is 6.83. The molecule has 1 N–H and O–H groups in total. The lowest BCUT2D eigenvalue weighted by atomic mass is 10.2. The van der Waals surface area contributed by atoms with Crippen LogP contribution in [0.3, 0.4) is 0 Å². The van der Waals surface area contributed by atoms with Crippen molar-refractivity contribution in [2.45, 2.75) is 13.8 Å². The summed E-state index contributed by atoms with van der Waals surface area (Å²) in [6.45, 7) is 7.66. The van der Waals surface area contributed by atoms with Crippen LogP contribution in [0.2, 0.25) is 5.02 Å². The molecule has 1 amide bonds. The Morgan fingerprint density at radius 1 is 1.18 bits per heavy atom. The van der Waals surface area contributed by atoms with Crippen LogP contribution in [0.1, 0.15) is 24.3 Å². The Hall–Kier alpha value is -2.51. The summed E-state index contributed by atoms with van der Waals surface area (Å²) in [5, 5.41) is 3.31. The van der Waals surface area contributed by atoms with Gasteiger partial charge in [-0.2, -0.15) is 0 Å². The molecule has 1 aromatic carbocycles. The number of halogens is 1. The summed E-state index contributed by atoms with van der Waals surface area (Å²) in [4.78, 5) is 18.9. The highest BCUT2D eigenvalue weighted by molar-refractivity contribution is 6.31. The van der Waals surface area contributed by atoms with Gasteiger partial charge in [0.1, 0.15) is 17.2 Å². The van der Waals surface area contributed by atoms with Gasteiger partial charge < -0.3 is 24.4 Å². The number of hydrogen-bond donors (Lipinski definition) is 1. The van der Waals surface area contributed by atoms with Gasteiger partial charge in [0.05, 0.1) is 37.8 Å². The van der Waals surface area contributed by atoms with Gasteiger partial charge in [0.15, 0.2) is 0 Å². The molecule has 0 bridgehead atoms. The van der Waals surface area contributed by atoms with E-state index in [2.05, 4.69) is 15.2 Å². The molecule has 0 spiro atoms. The number of anilines is 2. The SMILES string of the molecule is CCOc1cc(N2CCOCC2)c(OCC)cc1NC(=O)c1cc(Cl)ccn1. The van der Waals surface area contributed by atoms with Crippen molar-refractivity contribution in [3.05, 3.63) is 41.2 Å². The number of nitrogens with zero attached hydrogens (tertiary/aromatic N) is 2. The van der Waals surface area contributed by atoms with Crippen LogP contribution in [-0.4, -0.2) is 50.4 Å². The minimum atomic E-state index is -0.370. The first-order valence-electron chi connectivity index (χ1n) is 9.31. The maximum absolute atomic E-state index is 12.6. The van der Waals surface area contributed by atoms with Gasteiger partial charge in [-0.05, 0) is 26.0 Å². The maximum atomic E-state index is 12.6. The minimum absolute atomic E-state index is 0.227. The maximum Gasteiger partial charge on any atom is 0.274 e. The Kier molecular flexibility index (Phi) is 6.95. The number of aromatic nitrogens is 1. The smallest absolute Gasteiger partial charge is 0.274 e. The van der Waals surface area contributed by atoms with Gasteiger partial charge in [0.25, 0.3) is 5.91 Å². The first kappa shape index (κ1) is 20.2. The predicted octanol–water partition coefficient (Wildman–Crippen LogP) is 3.62. The van der Waals surface area contributed by atoms with E-state index in [0.717, 1.165) is 18.8 Å². The number of carbonyl (C=O) groups excluding carboxylic acids is 1. The molecule has 7 nitrogen and oxygen atoms in total. The zero-order valence-corrected chi connectivity index (χ0v) is 16.8. The molecular weight excluding hydrogens is 382 g/mol. The largest absolute Gasteiger partial charge is 0.492 e. The van der Waals surface area contributed by atoms with Gasteiger partial charge in [-0.25, -0.2) is 0 Å². The van der Waals surface area contributed by atoms with Crippen molar-refractivity contribution in [2.24, 2.45) is 0 Å². The molecule has 1 aromatic heterocycles. The molecule has 150 valence electrons. The fraction of sp³-hybridized carbons (Fsp3) is 0.400. The monoisotopic (exact) mass is 405 g/mol. The van der Waals surface area contributed by atoms with Gasteiger partial charge in [-0.3, -0.25) is 9.78 Å². The van der Waals surface area contributed by atoms with Crippen molar-refractivity contribution in [2.75, 3.05) is 49.7 Å². The van der Waals surface area contributed by atoms with Gasteiger partial charge in [-0.15, -0.1) is 0 Å². The normalized spacial score (nSPS) is 13.9. The van der Waals surface area contributed by atoms with Crippen LogP contribution in [0, 0.1) is 0 Å². The van der Waals surface area contributed by atoms with Crippen molar-refractivity contribution in [3.63, 3.8) is 0 Å². The second-order valence-electron chi connectivity index (χ2n) is 6.09. The van der Waals surface area contributed by atoms with E-state index >= 15 is 0 Å². The molecule has 8 heteroatoms. The van der Waals surface area contributed by atoms with Crippen molar-refractivity contribution in [1.29, 1.82) is 0 Å². The first-order chi connectivity index (χ1) is 13.6. The fourth-order valence-electron chi connectivity index (χ4n) is 2.96. The molecular formula is C20H24ClN3O4. The third-order valence-electron chi connectivity index (χ3n) is 4.22. The number of amides is 1. The van der Waals surface area contributed by atoms with Crippen molar-refractivity contribution in [1.82, 2.24) is 4.98 Å². The third kappa shape index (κ3) is 4.85. The molecule has 1 aliphatic rings. The highest BCUT2D eigenvalue weighted by atomic mass is 35.5. The van der Waals surface area contributed by atoms with Gasteiger partial charge >= 0.3 is 0 Å². The Labute approximate surface area is 169 Å².